The summed E-state index contributed by atoms with van der Waals surface area (Å²) in [6.45, 7) is -3.19. The largest absolute Gasteiger partial charge is 0.512 e. The monoisotopic (exact) mass is 275 g/mol. The van der Waals surface area contributed by atoms with Crippen molar-refractivity contribution in [2.75, 3.05) is 0 Å². The maximum Gasteiger partial charge on any atom is 0.512 e. The van der Waals surface area contributed by atoms with E-state index in [1.54, 1.807) is 0 Å². The Morgan fingerprint density at radius 2 is 1.95 bits per heavy atom. The highest BCUT2D eigenvalue weighted by molar-refractivity contribution is 6.73. The minimum absolute atomic E-state index is 0.0228. The van der Waals surface area contributed by atoms with Crippen molar-refractivity contribution in [2.24, 2.45) is 5.92 Å². The molecule has 1 nitrogen and oxygen atoms in total. The first-order valence-corrected chi connectivity index (χ1v) is 6.52. The van der Waals surface area contributed by atoms with Crippen molar-refractivity contribution >= 4 is 12.4 Å². The lowest BCUT2D eigenvalue weighted by atomic mass is 9.80. The molecule has 0 spiro atoms. The van der Waals surface area contributed by atoms with Crippen LogP contribution in [-0.4, -0.2) is 13.1 Å². The van der Waals surface area contributed by atoms with E-state index in [2.05, 4.69) is 6.92 Å². The summed E-state index contributed by atoms with van der Waals surface area (Å²) in [5.74, 6) is -0.532. The molecule has 0 bridgehead atoms. The molecule has 0 saturated heterocycles. The summed E-state index contributed by atoms with van der Waals surface area (Å²) in [5.41, 5.74) is -1.19. The van der Waals surface area contributed by atoms with E-state index in [0.29, 0.717) is 5.92 Å². The van der Waals surface area contributed by atoms with Gasteiger partial charge in [-0.25, -0.2) is 4.39 Å². The smallest absolute Gasteiger partial charge is 0.490 e. The van der Waals surface area contributed by atoms with E-state index in [4.69, 9.17) is 4.74 Å². The van der Waals surface area contributed by atoms with Crippen LogP contribution in [0.4, 0.5) is 17.3 Å². The van der Waals surface area contributed by atoms with E-state index >= 15 is 0 Å². The summed E-state index contributed by atoms with van der Waals surface area (Å²) in [6.07, 6.45) is 3.90. The van der Waals surface area contributed by atoms with Gasteiger partial charge < -0.3 is 17.7 Å². The average Bonchev–Trinajstić information content (AvgIpc) is 2.27. The molecule has 2 rings (SSSR count). The lowest BCUT2D eigenvalue weighted by Gasteiger charge is -2.27. The number of ether oxygens (including phenoxy) is 1. The minimum Gasteiger partial charge on any atom is -0.490 e. The Kier molecular flexibility index (Phi) is 4.06. The molecular weight excluding hydrogens is 259 g/mol. The Morgan fingerprint density at radius 3 is 2.53 bits per heavy atom. The van der Waals surface area contributed by atoms with Gasteiger partial charge in [-0.15, -0.1) is 0 Å². The van der Waals surface area contributed by atoms with Crippen molar-refractivity contribution in [3.63, 3.8) is 0 Å². The van der Waals surface area contributed by atoms with Crippen LogP contribution >= 0.6 is 0 Å². The lowest BCUT2D eigenvalue weighted by molar-refractivity contribution is 0.129. The van der Waals surface area contributed by atoms with Crippen LogP contribution in [-0.2, 0) is 0 Å². The fourth-order valence-electron chi connectivity index (χ4n) is 2.52. The number of benzene rings is 1. The minimum atomic E-state index is -5.31. The highest BCUT2D eigenvalue weighted by atomic mass is 19.4. The molecule has 0 amide bonds. The summed E-state index contributed by atoms with van der Waals surface area (Å²) in [4.78, 5) is 0. The molecule has 0 N–H and O–H groups in total. The van der Waals surface area contributed by atoms with E-state index in [1.165, 1.54) is 6.07 Å². The van der Waals surface area contributed by atoms with Gasteiger partial charge in [0.1, 0.15) is 5.75 Å². The van der Waals surface area contributed by atoms with Gasteiger partial charge in [0.2, 0.25) is 0 Å². The van der Waals surface area contributed by atoms with Crippen LogP contribution in [0, 0.1) is 11.7 Å². The number of hydrogen-bond acceptors (Lipinski definition) is 1. The molecule has 6 heteroatoms. The van der Waals surface area contributed by atoms with Gasteiger partial charge in [-0.1, -0.05) is 24.9 Å². The third-order valence-electron chi connectivity index (χ3n) is 3.52. The molecule has 2 unspecified atom stereocenters. The predicted molar refractivity (Wildman–Crippen MR) is 67.2 cm³/mol. The van der Waals surface area contributed by atoms with Crippen molar-refractivity contribution in [3.05, 3.63) is 24.0 Å². The summed E-state index contributed by atoms with van der Waals surface area (Å²) in [6, 6.07) is 2.80. The molecule has 2 atom stereocenters. The van der Waals surface area contributed by atoms with Crippen LogP contribution < -0.4 is 10.2 Å². The summed E-state index contributed by atoms with van der Waals surface area (Å²) >= 11 is 0. The molecule has 0 aromatic heterocycles. The molecule has 1 aromatic carbocycles. The Morgan fingerprint density at radius 1 is 1.21 bits per heavy atom. The zero-order valence-corrected chi connectivity index (χ0v) is 10.7. The standard InChI is InChI=1S/C13H16BF4O/c1-9-3-2-4-10(7-9)19-11-5-6-12(13(15)8-11)14(16,17)18/h5-6,8-10H,2-4,7H2,1H3/q-1. The average molecular weight is 275 g/mol. The second-order valence-corrected chi connectivity index (χ2v) is 5.27. The second-order valence-electron chi connectivity index (χ2n) is 5.27. The van der Waals surface area contributed by atoms with Gasteiger partial charge in [0.15, 0.2) is 0 Å². The van der Waals surface area contributed by atoms with E-state index in [1.807, 2.05) is 0 Å². The molecular formula is C13H16BF4O-. The zero-order valence-electron chi connectivity index (χ0n) is 10.7. The fourth-order valence-corrected chi connectivity index (χ4v) is 2.52. The van der Waals surface area contributed by atoms with Crippen molar-refractivity contribution in [2.45, 2.75) is 38.7 Å². The normalized spacial score (nSPS) is 24.3. The van der Waals surface area contributed by atoms with Gasteiger partial charge in [0.05, 0.1) is 11.9 Å². The summed E-state index contributed by atoms with van der Waals surface area (Å²) in [7, 11) is 0. The van der Waals surface area contributed by atoms with Gasteiger partial charge in [0, 0.05) is 6.07 Å². The SMILES string of the molecule is CC1CCCC(Oc2ccc([B-](F)(F)F)c(F)c2)C1. The van der Waals surface area contributed by atoms with Gasteiger partial charge in [0.25, 0.3) is 0 Å². The summed E-state index contributed by atoms with van der Waals surface area (Å²) < 4.78 is 56.4. The van der Waals surface area contributed by atoms with E-state index in [9.17, 15) is 17.3 Å². The number of halogens is 4. The fraction of sp³-hybridized carbons (Fsp3) is 0.538. The van der Waals surface area contributed by atoms with Crippen LogP contribution in [0.2, 0.25) is 0 Å². The maximum absolute atomic E-state index is 13.4. The molecule has 1 aromatic rings. The predicted octanol–water partition coefficient (Wildman–Crippen LogP) is 3.84. The molecule has 1 fully saturated rings. The van der Waals surface area contributed by atoms with Crippen LogP contribution in [0.1, 0.15) is 32.6 Å². The van der Waals surface area contributed by atoms with Crippen LogP contribution in [0.25, 0.3) is 0 Å². The van der Waals surface area contributed by atoms with E-state index < -0.39 is 18.3 Å². The molecule has 1 saturated carbocycles. The van der Waals surface area contributed by atoms with Gasteiger partial charge in [-0.2, -0.15) is 0 Å². The molecule has 0 heterocycles. The third-order valence-corrected chi connectivity index (χ3v) is 3.52. The Labute approximate surface area is 110 Å². The first-order valence-electron chi connectivity index (χ1n) is 6.52. The van der Waals surface area contributed by atoms with Crippen molar-refractivity contribution < 1.29 is 22.1 Å². The maximum atomic E-state index is 13.4. The van der Waals surface area contributed by atoms with Crippen molar-refractivity contribution in [1.82, 2.24) is 0 Å². The third kappa shape index (κ3) is 3.64. The van der Waals surface area contributed by atoms with Crippen molar-refractivity contribution in [3.8, 4) is 5.75 Å². The molecule has 0 aliphatic heterocycles. The summed E-state index contributed by atoms with van der Waals surface area (Å²) in [5, 5.41) is 0. The quantitative estimate of drug-likeness (QED) is 0.601. The van der Waals surface area contributed by atoms with Gasteiger partial charge in [-0.3, -0.25) is 0 Å². The Bertz CT molecular complexity index is 447. The number of hydrogen-bond donors (Lipinski definition) is 0. The zero-order chi connectivity index (χ0) is 14.0. The molecule has 0 radical (unpaired) electrons. The highest BCUT2D eigenvalue weighted by Gasteiger charge is 2.29. The molecule has 106 valence electrons. The Balaban J connectivity index is 2.08. The van der Waals surface area contributed by atoms with Crippen molar-refractivity contribution in [1.29, 1.82) is 0 Å². The Hall–Kier alpha value is -1.20. The number of rotatable bonds is 3. The molecule has 19 heavy (non-hydrogen) atoms. The first-order chi connectivity index (χ1) is 8.86. The molecule has 1 aliphatic carbocycles. The van der Waals surface area contributed by atoms with Gasteiger partial charge >= 0.3 is 6.98 Å². The first kappa shape index (κ1) is 14.2. The van der Waals surface area contributed by atoms with Crippen LogP contribution in [0.5, 0.6) is 5.75 Å². The second kappa shape index (κ2) is 5.43. The lowest BCUT2D eigenvalue weighted by Crippen LogP contribution is -2.36. The van der Waals surface area contributed by atoms with E-state index in [-0.39, 0.29) is 11.9 Å². The molecule has 1 aliphatic rings. The van der Waals surface area contributed by atoms with E-state index in [0.717, 1.165) is 37.8 Å². The van der Waals surface area contributed by atoms with Crippen LogP contribution in [0.3, 0.4) is 0 Å². The highest BCUT2D eigenvalue weighted by Crippen LogP contribution is 2.27. The van der Waals surface area contributed by atoms with Crippen LogP contribution in [0.15, 0.2) is 18.2 Å². The topological polar surface area (TPSA) is 9.23 Å². The van der Waals surface area contributed by atoms with Gasteiger partial charge in [-0.05, 0) is 31.2 Å².